The predicted molar refractivity (Wildman–Crippen MR) is 90.6 cm³/mol. The maximum atomic E-state index is 9.18. The summed E-state index contributed by atoms with van der Waals surface area (Å²) in [5.74, 6) is 0.304. The van der Waals surface area contributed by atoms with Gasteiger partial charge in [0.15, 0.2) is 0 Å². The summed E-state index contributed by atoms with van der Waals surface area (Å²) in [6.45, 7) is 3.78. The third-order valence-corrected chi connectivity index (χ3v) is 3.56. The van der Waals surface area contributed by atoms with Gasteiger partial charge in [0.05, 0.1) is 6.61 Å². The van der Waals surface area contributed by atoms with Gasteiger partial charge in [0.2, 0.25) is 0 Å². The molecule has 2 nitrogen and oxygen atoms in total. The van der Waals surface area contributed by atoms with Gasteiger partial charge in [0.1, 0.15) is 5.75 Å². The first-order chi connectivity index (χ1) is 10.3. The lowest BCUT2D eigenvalue weighted by molar-refractivity contribution is 0.157. The van der Waals surface area contributed by atoms with Crippen LogP contribution < -0.4 is 0 Å². The van der Waals surface area contributed by atoms with Crippen LogP contribution in [0.1, 0.15) is 63.9 Å². The highest BCUT2D eigenvalue weighted by Crippen LogP contribution is 2.11. The molecule has 0 aromatic heterocycles. The van der Waals surface area contributed by atoms with Crippen molar-refractivity contribution >= 4 is 6.08 Å². The molecule has 0 unspecified atom stereocenters. The van der Waals surface area contributed by atoms with Crippen molar-refractivity contribution in [1.82, 2.24) is 0 Å². The van der Waals surface area contributed by atoms with E-state index in [4.69, 9.17) is 4.74 Å². The van der Waals surface area contributed by atoms with Gasteiger partial charge in [-0.1, -0.05) is 76.2 Å². The van der Waals surface area contributed by atoms with Crippen LogP contribution >= 0.6 is 0 Å². The first-order valence-electron chi connectivity index (χ1n) is 8.36. The van der Waals surface area contributed by atoms with Gasteiger partial charge in [-0.3, -0.25) is 0 Å². The Labute approximate surface area is 129 Å². The highest BCUT2D eigenvalue weighted by molar-refractivity contribution is 5.50. The first-order valence-corrected chi connectivity index (χ1v) is 8.36. The quantitative estimate of drug-likeness (QED) is 0.510. The van der Waals surface area contributed by atoms with Crippen molar-refractivity contribution in [2.75, 3.05) is 13.2 Å². The van der Waals surface area contributed by atoms with E-state index in [2.05, 4.69) is 6.92 Å². The zero-order chi connectivity index (χ0) is 15.2. The van der Waals surface area contributed by atoms with Gasteiger partial charge in [-0.05, 0) is 24.1 Å². The smallest absolute Gasteiger partial charge is 0.115 e. The van der Waals surface area contributed by atoms with Crippen LogP contribution in [0.5, 0.6) is 5.75 Å². The van der Waals surface area contributed by atoms with E-state index in [0.717, 1.165) is 12.2 Å². The number of rotatable bonds is 12. The summed E-state index contributed by atoms with van der Waals surface area (Å²) < 4.78 is 5.59. The largest absolute Gasteiger partial charge is 0.508 e. The second-order valence-corrected chi connectivity index (χ2v) is 5.54. The number of aromatic hydroxyl groups is 1. The number of phenols is 1. The third kappa shape index (κ3) is 10.1. The molecule has 0 aliphatic heterocycles. The van der Waals surface area contributed by atoms with E-state index in [1.807, 2.05) is 24.3 Å². The zero-order valence-corrected chi connectivity index (χ0v) is 13.4. The van der Waals surface area contributed by atoms with E-state index in [0.29, 0.717) is 12.4 Å². The van der Waals surface area contributed by atoms with Crippen molar-refractivity contribution in [3.05, 3.63) is 35.9 Å². The lowest BCUT2D eigenvalue weighted by atomic mass is 10.1. The number of phenolic OH excluding ortho intramolecular Hbond substituents is 1. The van der Waals surface area contributed by atoms with Crippen LogP contribution in [0.4, 0.5) is 0 Å². The van der Waals surface area contributed by atoms with Crippen molar-refractivity contribution in [3.8, 4) is 5.75 Å². The highest BCUT2D eigenvalue weighted by Gasteiger charge is 1.92. The minimum absolute atomic E-state index is 0.304. The molecule has 0 spiro atoms. The average Bonchev–Trinajstić information content (AvgIpc) is 2.50. The highest BCUT2D eigenvalue weighted by atomic mass is 16.5. The molecular formula is C19H30O2. The van der Waals surface area contributed by atoms with Crippen LogP contribution in [0.3, 0.4) is 0 Å². The Kier molecular flexibility index (Phi) is 10.5. The molecule has 0 atom stereocenters. The number of ether oxygens (including phenoxy) is 1. The van der Waals surface area contributed by atoms with Crippen molar-refractivity contribution in [3.63, 3.8) is 0 Å². The molecule has 2 heteroatoms. The van der Waals surface area contributed by atoms with Crippen molar-refractivity contribution in [2.24, 2.45) is 0 Å². The van der Waals surface area contributed by atoms with Gasteiger partial charge in [0.25, 0.3) is 0 Å². The molecule has 0 radical (unpaired) electrons. The molecule has 0 heterocycles. The van der Waals surface area contributed by atoms with E-state index < -0.39 is 0 Å². The monoisotopic (exact) mass is 290 g/mol. The standard InChI is InChI=1S/C19H30O2/c1-2-3-4-5-6-7-8-9-16-21-17-10-11-18-12-14-19(20)15-13-18/h10-15,20H,2-9,16-17H2,1H3/b11-10+. The maximum absolute atomic E-state index is 9.18. The molecule has 0 aliphatic rings. The molecule has 0 amide bonds. The Hall–Kier alpha value is -1.28. The number of unbranched alkanes of at least 4 members (excludes halogenated alkanes) is 7. The van der Waals surface area contributed by atoms with Crippen molar-refractivity contribution < 1.29 is 9.84 Å². The van der Waals surface area contributed by atoms with Crippen LogP contribution in [0.15, 0.2) is 30.3 Å². The lowest BCUT2D eigenvalue weighted by Crippen LogP contribution is -1.94. The van der Waals surface area contributed by atoms with Crippen LogP contribution in [0.25, 0.3) is 6.08 Å². The number of hydrogen-bond donors (Lipinski definition) is 1. The van der Waals surface area contributed by atoms with Crippen LogP contribution in [-0.4, -0.2) is 18.3 Å². The first kappa shape index (κ1) is 17.8. The van der Waals surface area contributed by atoms with Gasteiger partial charge in [0, 0.05) is 6.61 Å². The molecule has 1 rings (SSSR count). The van der Waals surface area contributed by atoms with Gasteiger partial charge in [-0.2, -0.15) is 0 Å². The Morgan fingerprint density at radius 2 is 1.52 bits per heavy atom. The summed E-state index contributed by atoms with van der Waals surface area (Å²) in [6.07, 6.45) is 14.7. The molecule has 1 aromatic rings. The fraction of sp³-hybridized carbons (Fsp3) is 0.579. The summed E-state index contributed by atoms with van der Waals surface area (Å²) in [5, 5.41) is 9.18. The molecular weight excluding hydrogens is 260 g/mol. The van der Waals surface area contributed by atoms with Crippen LogP contribution in [0.2, 0.25) is 0 Å². The minimum Gasteiger partial charge on any atom is -0.508 e. The average molecular weight is 290 g/mol. The Balaban J connectivity index is 1.89. The van der Waals surface area contributed by atoms with Gasteiger partial charge in [-0.15, -0.1) is 0 Å². The summed E-state index contributed by atoms with van der Waals surface area (Å²) >= 11 is 0. The van der Waals surface area contributed by atoms with E-state index >= 15 is 0 Å². The minimum atomic E-state index is 0.304. The Morgan fingerprint density at radius 3 is 2.19 bits per heavy atom. The second-order valence-electron chi connectivity index (χ2n) is 5.54. The van der Waals surface area contributed by atoms with Crippen molar-refractivity contribution in [2.45, 2.75) is 58.3 Å². The molecule has 0 bridgehead atoms. The molecule has 1 aromatic carbocycles. The molecule has 0 fully saturated rings. The van der Waals surface area contributed by atoms with Gasteiger partial charge in [-0.25, -0.2) is 0 Å². The Morgan fingerprint density at radius 1 is 0.905 bits per heavy atom. The molecule has 0 saturated heterocycles. The fourth-order valence-electron chi connectivity index (χ4n) is 2.26. The van der Waals surface area contributed by atoms with E-state index in [9.17, 15) is 5.11 Å². The molecule has 0 saturated carbocycles. The normalized spacial score (nSPS) is 11.3. The summed E-state index contributed by atoms with van der Waals surface area (Å²) in [7, 11) is 0. The van der Waals surface area contributed by atoms with Crippen LogP contribution in [0, 0.1) is 0 Å². The molecule has 118 valence electrons. The SMILES string of the molecule is CCCCCCCCCCOC/C=C/c1ccc(O)cc1. The van der Waals surface area contributed by atoms with Gasteiger partial charge >= 0.3 is 0 Å². The van der Waals surface area contributed by atoms with E-state index in [1.165, 1.54) is 51.4 Å². The summed E-state index contributed by atoms with van der Waals surface area (Å²) in [6, 6.07) is 7.18. The van der Waals surface area contributed by atoms with Crippen molar-refractivity contribution in [1.29, 1.82) is 0 Å². The molecule has 0 aliphatic carbocycles. The number of hydrogen-bond acceptors (Lipinski definition) is 2. The fourth-order valence-corrected chi connectivity index (χ4v) is 2.26. The molecule has 1 N–H and O–H groups in total. The number of benzene rings is 1. The van der Waals surface area contributed by atoms with Gasteiger partial charge < -0.3 is 9.84 Å². The van der Waals surface area contributed by atoms with Crippen LogP contribution in [-0.2, 0) is 4.74 Å². The third-order valence-electron chi connectivity index (χ3n) is 3.56. The van der Waals surface area contributed by atoms with E-state index in [1.54, 1.807) is 12.1 Å². The van der Waals surface area contributed by atoms with E-state index in [-0.39, 0.29) is 0 Å². The zero-order valence-electron chi connectivity index (χ0n) is 13.4. The lowest BCUT2D eigenvalue weighted by Gasteiger charge is -2.02. The predicted octanol–water partition coefficient (Wildman–Crippen LogP) is 5.56. The summed E-state index contributed by atoms with van der Waals surface area (Å²) in [5.41, 5.74) is 1.09. The maximum Gasteiger partial charge on any atom is 0.115 e. The topological polar surface area (TPSA) is 29.5 Å². The Bertz CT molecular complexity index is 368. The molecule has 21 heavy (non-hydrogen) atoms. The summed E-state index contributed by atoms with van der Waals surface area (Å²) in [4.78, 5) is 0. The second kappa shape index (κ2) is 12.5.